The highest BCUT2D eigenvalue weighted by atomic mass is 16.2. The zero-order valence-electron chi connectivity index (χ0n) is 7.17. The maximum Gasteiger partial charge on any atom is 0.237 e. The van der Waals surface area contributed by atoms with Crippen LogP contribution >= 0.6 is 0 Å². The lowest BCUT2D eigenvalue weighted by atomic mass is 10.2. The predicted molar refractivity (Wildman–Crippen MR) is 45.1 cm³/mol. The summed E-state index contributed by atoms with van der Waals surface area (Å²) >= 11 is 0. The van der Waals surface area contributed by atoms with Gasteiger partial charge < -0.3 is 16.8 Å². The number of nitrogens with one attached hydrogen (secondary N) is 1. The van der Waals surface area contributed by atoms with Crippen molar-refractivity contribution in [2.45, 2.75) is 25.8 Å². The fourth-order valence-electron chi connectivity index (χ4n) is 0.747. The summed E-state index contributed by atoms with van der Waals surface area (Å²) in [7, 11) is 0. The van der Waals surface area contributed by atoms with Crippen LogP contribution in [-0.2, 0) is 9.59 Å². The fraction of sp³-hybridized carbons (Fsp3) is 0.714. The van der Waals surface area contributed by atoms with Crippen molar-refractivity contribution in [1.82, 2.24) is 5.32 Å². The van der Waals surface area contributed by atoms with Gasteiger partial charge in [0.25, 0.3) is 0 Å². The molecule has 0 aromatic rings. The topological polar surface area (TPSA) is 98.2 Å². The third kappa shape index (κ3) is 4.68. The number of carbonyl (C=O) groups is 2. The van der Waals surface area contributed by atoms with E-state index < -0.39 is 11.9 Å². The van der Waals surface area contributed by atoms with Crippen molar-refractivity contribution in [3.63, 3.8) is 0 Å². The third-order valence-electron chi connectivity index (χ3n) is 1.37. The number of primary amides is 1. The van der Waals surface area contributed by atoms with E-state index >= 15 is 0 Å². The van der Waals surface area contributed by atoms with Gasteiger partial charge in [0.1, 0.15) is 0 Å². The monoisotopic (exact) mass is 173 g/mol. The summed E-state index contributed by atoms with van der Waals surface area (Å²) in [6.45, 7) is 1.79. The molecule has 70 valence electrons. The Labute approximate surface area is 71.5 Å². The van der Waals surface area contributed by atoms with E-state index in [-0.39, 0.29) is 12.5 Å². The SMILES string of the molecule is CCCC(N)C(=O)NCC(N)=O. The van der Waals surface area contributed by atoms with E-state index in [0.717, 1.165) is 6.42 Å². The Balaban J connectivity index is 3.64. The Bertz CT molecular complexity index is 170. The number of carbonyl (C=O) groups excluding carboxylic acids is 2. The summed E-state index contributed by atoms with van der Waals surface area (Å²) in [6, 6.07) is -0.533. The van der Waals surface area contributed by atoms with Crippen LogP contribution in [0.1, 0.15) is 19.8 Å². The standard InChI is InChI=1S/C7H15N3O2/c1-2-3-5(8)7(12)10-4-6(9)11/h5H,2-4,8H2,1H3,(H2,9,11)(H,10,12). The lowest BCUT2D eigenvalue weighted by Crippen LogP contribution is -2.43. The summed E-state index contributed by atoms with van der Waals surface area (Å²) in [6.07, 6.45) is 1.45. The van der Waals surface area contributed by atoms with Crippen molar-refractivity contribution in [3.8, 4) is 0 Å². The molecule has 0 bridgehead atoms. The second-order valence-electron chi connectivity index (χ2n) is 2.58. The summed E-state index contributed by atoms with van der Waals surface area (Å²) < 4.78 is 0. The largest absolute Gasteiger partial charge is 0.368 e. The first-order valence-corrected chi connectivity index (χ1v) is 3.89. The Morgan fingerprint density at radius 2 is 2.08 bits per heavy atom. The summed E-state index contributed by atoms with van der Waals surface area (Å²) in [4.78, 5) is 21.2. The van der Waals surface area contributed by atoms with Crippen molar-refractivity contribution < 1.29 is 9.59 Å². The van der Waals surface area contributed by atoms with Gasteiger partial charge in [-0.15, -0.1) is 0 Å². The molecule has 12 heavy (non-hydrogen) atoms. The van der Waals surface area contributed by atoms with Gasteiger partial charge in [-0.05, 0) is 6.42 Å². The first kappa shape index (κ1) is 10.9. The molecule has 0 aromatic heterocycles. The number of hydrogen-bond donors (Lipinski definition) is 3. The third-order valence-corrected chi connectivity index (χ3v) is 1.37. The molecule has 0 aliphatic carbocycles. The number of rotatable bonds is 5. The van der Waals surface area contributed by atoms with Crippen LogP contribution in [0.2, 0.25) is 0 Å². The first-order valence-electron chi connectivity index (χ1n) is 3.89. The average Bonchev–Trinajstić information content (AvgIpc) is 2.00. The van der Waals surface area contributed by atoms with Crippen LogP contribution in [0.5, 0.6) is 0 Å². The zero-order valence-corrected chi connectivity index (χ0v) is 7.17. The minimum Gasteiger partial charge on any atom is -0.368 e. The van der Waals surface area contributed by atoms with Crippen molar-refractivity contribution in [2.75, 3.05) is 6.54 Å². The Morgan fingerprint density at radius 3 is 2.50 bits per heavy atom. The highest BCUT2D eigenvalue weighted by Gasteiger charge is 2.11. The van der Waals surface area contributed by atoms with Gasteiger partial charge in [-0.25, -0.2) is 0 Å². The molecule has 2 amide bonds. The molecule has 0 spiro atoms. The van der Waals surface area contributed by atoms with E-state index in [2.05, 4.69) is 5.32 Å². The van der Waals surface area contributed by atoms with Crippen molar-refractivity contribution >= 4 is 11.8 Å². The molecule has 0 fully saturated rings. The van der Waals surface area contributed by atoms with Crippen molar-refractivity contribution in [3.05, 3.63) is 0 Å². The lowest BCUT2D eigenvalue weighted by Gasteiger charge is -2.09. The second kappa shape index (κ2) is 5.54. The molecule has 5 nitrogen and oxygen atoms in total. The van der Waals surface area contributed by atoms with Gasteiger partial charge in [-0.2, -0.15) is 0 Å². The minimum absolute atomic E-state index is 0.143. The number of nitrogens with two attached hydrogens (primary N) is 2. The van der Waals surface area contributed by atoms with E-state index in [1.807, 2.05) is 6.92 Å². The normalized spacial score (nSPS) is 12.2. The molecule has 1 atom stereocenters. The van der Waals surface area contributed by atoms with Gasteiger partial charge in [0.15, 0.2) is 0 Å². The molecule has 0 aliphatic heterocycles. The van der Waals surface area contributed by atoms with E-state index in [9.17, 15) is 9.59 Å². The van der Waals surface area contributed by atoms with Gasteiger partial charge >= 0.3 is 0 Å². The van der Waals surface area contributed by atoms with Gasteiger partial charge in [-0.3, -0.25) is 9.59 Å². The second-order valence-corrected chi connectivity index (χ2v) is 2.58. The van der Waals surface area contributed by atoms with E-state index in [4.69, 9.17) is 11.5 Å². The molecule has 0 aliphatic rings. The number of amides is 2. The molecule has 0 saturated carbocycles. The molecule has 5 heteroatoms. The van der Waals surface area contributed by atoms with Gasteiger partial charge in [0, 0.05) is 0 Å². The quantitative estimate of drug-likeness (QED) is 0.482. The zero-order chi connectivity index (χ0) is 9.56. The van der Waals surface area contributed by atoms with Crippen LogP contribution in [0.25, 0.3) is 0 Å². The van der Waals surface area contributed by atoms with Crippen LogP contribution in [0.4, 0.5) is 0 Å². The van der Waals surface area contributed by atoms with Crippen molar-refractivity contribution in [2.24, 2.45) is 11.5 Å². The van der Waals surface area contributed by atoms with E-state index in [1.54, 1.807) is 0 Å². The molecule has 0 radical (unpaired) electrons. The van der Waals surface area contributed by atoms with Gasteiger partial charge in [0.2, 0.25) is 11.8 Å². The Morgan fingerprint density at radius 1 is 1.50 bits per heavy atom. The van der Waals surface area contributed by atoms with E-state index in [0.29, 0.717) is 6.42 Å². The molecule has 0 heterocycles. The molecular formula is C7H15N3O2. The number of hydrogen-bond acceptors (Lipinski definition) is 3. The van der Waals surface area contributed by atoms with Crippen LogP contribution in [0.3, 0.4) is 0 Å². The highest BCUT2D eigenvalue weighted by molar-refractivity contribution is 5.86. The Kier molecular flexibility index (Phi) is 5.03. The Hall–Kier alpha value is -1.10. The summed E-state index contributed by atoms with van der Waals surface area (Å²) in [5, 5.41) is 2.33. The van der Waals surface area contributed by atoms with Crippen molar-refractivity contribution in [1.29, 1.82) is 0 Å². The minimum atomic E-state index is -0.563. The maximum absolute atomic E-state index is 11.0. The van der Waals surface area contributed by atoms with Crippen LogP contribution in [0.15, 0.2) is 0 Å². The van der Waals surface area contributed by atoms with Crippen LogP contribution in [-0.4, -0.2) is 24.4 Å². The van der Waals surface area contributed by atoms with Crippen LogP contribution < -0.4 is 16.8 Å². The van der Waals surface area contributed by atoms with Crippen LogP contribution in [0, 0.1) is 0 Å². The predicted octanol–water partition coefficient (Wildman–Crippen LogP) is -1.28. The molecule has 5 N–H and O–H groups in total. The van der Waals surface area contributed by atoms with E-state index in [1.165, 1.54) is 0 Å². The lowest BCUT2D eigenvalue weighted by molar-refractivity contribution is -0.125. The molecule has 0 saturated heterocycles. The highest BCUT2D eigenvalue weighted by Crippen LogP contribution is 1.91. The average molecular weight is 173 g/mol. The smallest absolute Gasteiger partial charge is 0.237 e. The fourth-order valence-corrected chi connectivity index (χ4v) is 0.747. The molecule has 0 rings (SSSR count). The summed E-state index contributed by atoms with van der Waals surface area (Å²) in [5.74, 6) is -0.886. The summed E-state index contributed by atoms with van der Waals surface area (Å²) in [5.41, 5.74) is 10.3. The first-order chi connectivity index (χ1) is 5.57. The maximum atomic E-state index is 11.0. The molecule has 0 aromatic carbocycles. The molecule has 1 unspecified atom stereocenters. The van der Waals surface area contributed by atoms with Gasteiger partial charge in [-0.1, -0.05) is 13.3 Å². The van der Waals surface area contributed by atoms with Gasteiger partial charge in [0.05, 0.1) is 12.6 Å². The molecular weight excluding hydrogens is 158 g/mol.